The van der Waals surface area contributed by atoms with Crippen LogP contribution in [0.1, 0.15) is 0 Å². The molecule has 1 aliphatic rings. The SMILES string of the molecule is c1ccc2nc(-c3ccc(-c4ccc5c(c4)OCO5)cc3)cnc2c1. The molecule has 0 atom stereocenters. The minimum Gasteiger partial charge on any atom is -0.454 e. The number of para-hydroxylation sites is 2. The molecule has 0 saturated carbocycles. The highest BCUT2D eigenvalue weighted by Crippen LogP contribution is 2.36. The van der Waals surface area contributed by atoms with Gasteiger partial charge in [-0.3, -0.25) is 4.98 Å². The van der Waals surface area contributed by atoms with E-state index in [1.807, 2.05) is 48.7 Å². The normalized spacial score (nSPS) is 12.5. The molecule has 0 fully saturated rings. The first kappa shape index (κ1) is 14.0. The van der Waals surface area contributed by atoms with Crippen molar-refractivity contribution in [3.05, 3.63) is 72.9 Å². The number of fused-ring (bicyclic) bond motifs is 2. The molecular weight excluding hydrogens is 312 g/mol. The van der Waals surface area contributed by atoms with Crippen LogP contribution in [0.2, 0.25) is 0 Å². The van der Waals surface area contributed by atoms with Gasteiger partial charge in [0.1, 0.15) is 0 Å². The Kier molecular flexibility index (Phi) is 3.13. The average Bonchev–Trinajstić information content (AvgIpc) is 3.15. The predicted molar refractivity (Wildman–Crippen MR) is 96.5 cm³/mol. The van der Waals surface area contributed by atoms with E-state index in [9.17, 15) is 0 Å². The second-order valence-electron chi connectivity index (χ2n) is 5.89. The van der Waals surface area contributed by atoms with Gasteiger partial charge >= 0.3 is 0 Å². The fourth-order valence-electron chi connectivity index (χ4n) is 3.01. The number of rotatable bonds is 2. The van der Waals surface area contributed by atoms with Crippen LogP contribution in [-0.2, 0) is 0 Å². The van der Waals surface area contributed by atoms with Gasteiger partial charge in [-0.25, -0.2) is 4.98 Å². The average molecular weight is 326 g/mol. The largest absolute Gasteiger partial charge is 0.454 e. The van der Waals surface area contributed by atoms with E-state index in [-0.39, 0.29) is 0 Å². The quantitative estimate of drug-likeness (QED) is 0.536. The molecule has 3 aromatic carbocycles. The highest BCUT2D eigenvalue weighted by Gasteiger charge is 2.13. The van der Waals surface area contributed by atoms with Crippen molar-refractivity contribution >= 4 is 11.0 Å². The Morgan fingerprint density at radius 1 is 0.680 bits per heavy atom. The van der Waals surface area contributed by atoms with Crippen molar-refractivity contribution in [2.24, 2.45) is 0 Å². The second kappa shape index (κ2) is 5.60. The number of benzene rings is 3. The standard InChI is InChI=1S/C21H14N2O2/c1-2-4-18-17(3-1)22-12-19(23-18)15-7-5-14(6-8-15)16-9-10-20-21(11-16)25-13-24-20/h1-12H,13H2. The van der Waals surface area contributed by atoms with E-state index in [1.54, 1.807) is 0 Å². The summed E-state index contributed by atoms with van der Waals surface area (Å²) >= 11 is 0. The van der Waals surface area contributed by atoms with Crippen LogP contribution in [0.3, 0.4) is 0 Å². The Morgan fingerprint density at radius 2 is 1.40 bits per heavy atom. The molecule has 0 N–H and O–H groups in total. The zero-order valence-corrected chi connectivity index (χ0v) is 13.3. The van der Waals surface area contributed by atoms with Gasteiger partial charge in [0.05, 0.1) is 22.9 Å². The van der Waals surface area contributed by atoms with Gasteiger partial charge in [0.2, 0.25) is 6.79 Å². The highest BCUT2D eigenvalue weighted by molar-refractivity contribution is 5.77. The molecule has 0 radical (unpaired) electrons. The smallest absolute Gasteiger partial charge is 0.231 e. The zero-order chi connectivity index (χ0) is 16.6. The van der Waals surface area contributed by atoms with Crippen molar-refractivity contribution in [3.63, 3.8) is 0 Å². The molecule has 1 aromatic heterocycles. The minimum absolute atomic E-state index is 0.290. The lowest BCUT2D eigenvalue weighted by Gasteiger charge is -2.06. The predicted octanol–water partition coefficient (Wildman–Crippen LogP) is 4.69. The van der Waals surface area contributed by atoms with E-state index in [0.717, 1.165) is 44.9 Å². The van der Waals surface area contributed by atoms with Gasteiger partial charge in [0, 0.05) is 5.56 Å². The van der Waals surface area contributed by atoms with Crippen molar-refractivity contribution in [1.82, 2.24) is 9.97 Å². The molecular formula is C21H14N2O2. The number of hydrogen-bond donors (Lipinski definition) is 0. The van der Waals surface area contributed by atoms with Crippen LogP contribution in [-0.4, -0.2) is 16.8 Å². The Morgan fingerprint density at radius 3 is 2.28 bits per heavy atom. The molecule has 1 aliphatic heterocycles. The maximum atomic E-state index is 5.45. The third kappa shape index (κ3) is 2.48. The lowest BCUT2D eigenvalue weighted by Crippen LogP contribution is -1.92. The zero-order valence-electron chi connectivity index (χ0n) is 13.3. The van der Waals surface area contributed by atoms with Crippen LogP contribution in [0.4, 0.5) is 0 Å². The van der Waals surface area contributed by atoms with Crippen molar-refractivity contribution < 1.29 is 9.47 Å². The summed E-state index contributed by atoms with van der Waals surface area (Å²) in [6.07, 6.45) is 1.82. The monoisotopic (exact) mass is 326 g/mol. The molecule has 0 bridgehead atoms. The molecule has 0 aliphatic carbocycles. The van der Waals surface area contributed by atoms with E-state index in [2.05, 4.69) is 29.2 Å². The molecule has 4 aromatic rings. The molecule has 4 nitrogen and oxygen atoms in total. The molecule has 0 saturated heterocycles. The van der Waals surface area contributed by atoms with Crippen molar-refractivity contribution in [1.29, 1.82) is 0 Å². The van der Waals surface area contributed by atoms with E-state index in [1.165, 1.54) is 0 Å². The fraction of sp³-hybridized carbons (Fsp3) is 0.0476. The number of ether oxygens (including phenoxy) is 2. The van der Waals surface area contributed by atoms with Crippen LogP contribution in [0.15, 0.2) is 72.9 Å². The first-order chi connectivity index (χ1) is 12.4. The van der Waals surface area contributed by atoms with E-state index in [4.69, 9.17) is 14.5 Å². The van der Waals surface area contributed by atoms with Crippen LogP contribution < -0.4 is 9.47 Å². The maximum absolute atomic E-state index is 5.45. The molecule has 0 spiro atoms. The minimum atomic E-state index is 0.290. The lowest BCUT2D eigenvalue weighted by molar-refractivity contribution is 0.174. The van der Waals surface area contributed by atoms with Gasteiger partial charge in [-0.15, -0.1) is 0 Å². The lowest BCUT2D eigenvalue weighted by atomic mass is 10.0. The van der Waals surface area contributed by atoms with Crippen LogP contribution in [0.25, 0.3) is 33.4 Å². The Bertz CT molecular complexity index is 1070. The van der Waals surface area contributed by atoms with Gasteiger partial charge in [-0.05, 0) is 35.4 Å². The maximum Gasteiger partial charge on any atom is 0.231 e. The molecule has 2 heterocycles. The number of hydrogen-bond acceptors (Lipinski definition) is 4. The summed E-state index contributed by atoms with van der Waals surface area (Å²) in [5.74, 6) is 1.59. The third-order valence-corrected chi connectivity index (χ3v) is 4.34. The van der Waals surface area contributed by atoms with E-state index in [0.29, 0.717) is 6.79 Å². The van der Waals surface area contributed by atoms with Crippen LogP contribution >= 0.6 is 0 Å². The van der Waals surface area contributed by atoms with E-state index < -0.39 is 0 Å². The van der Waals surface area contributed by atoms with Gasteiger partial charge < -0.3 is 9.47 Å². The molecule has 0 amide bonds. The molecule has 25 heavy (non-hydrogen) atoms. The summed E-state index contributed by atoms with van der Waals surface area (Å²) in [7, 11) is 0. The summed E-state index contributed by atoms with van der Waals surface area (Å²) in [6.45, 7) is 0.290. The van der Waals surface area contributed by atoms with Gasteiger partial charge in [-0.1, -0.05) is 42.5 Å². The van der Waals surface area contributed by atoms with Crippen LogP contribution in [0, 0.1) is 0 Å². The summed E-state index contributed by atoms with van der Waals surface area (Å²) in [4.78, 5) is 9.18. The second-order valence-corrected chi connectivity index (χ2v) is 5.89. The summed E-state index contributed by atoms with van der Waals surface area (Å²) < 4.78 is 10.8. The fourth-order valence-corrected chi connectivity index (χ4v) is 3.01. The summed E-state index contributed by atoms with van der Waals surface area (Å²) in [6, 6.07) is 22.2. The number of nitrogens with zero attached hydrogens (tertiary/aromatic N) is 2. The van der Waals surface area contributed by atoms with Crippen molar-refractivity contribution in [3.8, 4) is 33.9 Å². The molecule has 5 rings (SSSR count). The van der Waals surface area contributed by atoms with Gasteiger partial charge in [0.25, 0.3) is 0 Å². The summed E-state index contributed by atoms with van der Waals surface area (Å²) in [5.41, 5.74) is 5.94. The molecule has 120 valence electrons. The van der Waals surface area contributed by atoms with Gasteiger partial charge in [0.15, 0.2) is 11.5 Å². The summed E-state index contributed by atoms with van der Waals surface area (Å²) in [5, 5.41) is 0. The first-order valence-corrected chi connectivity index (χ1v) is 8.09. The molecule has 4 heteroatoms. The van der Waals surface area contributed by atoms with E-state index >= 15 is 0 Å². The first-order valence-electron chi connectivity index (χ1n) is 8.09. The Labute approximate surface area is 144 Å². The Hall–Kier alpha value is -3.40. The van der Waals surface area contributed by atoms with Crippen molar-refractivity contribution in [2.75, 3.05) is 6.79 Å². The molecule has 0 unspecified atom stereocenters. The van der Waals surface area contributed by atoms with Crippen LogP contribution in [0.5, 0.6) is 11.5 Å². The van der Waals surface area contributed by atoms with Gasteiger partial charge in [-0.2, -0.15) is 0 Å². The van der Waals surface area contributed by atoms with Crippen molar-refractivity contribution in [2.45, 2.75) is 0 Å². The highest BCUT2D eigenvalue weighted by atomic mass is 16.7. The third-order valence-electron chi connectivity index (χ3n) is 4.34. The topological polar surface area (TPSA) is 44.2 Å². The number of aromatic nitrogens is 2. The Balaban J connectivity index is 1.50.